The molecule has 31 heavy (non-hydrogen) atoms. The maximum atomic E-state index is 12.9. The van der Waals surface area contributed by atoms with E-state index in [2.05, 4.69) is 25.9 Å². The first-order valence-electron chi connectivity index (χ1n) is 10.4. The first kappa shape index (κ1) is 20.5. The van der Waals surface area contributed by atoms with Crippen molar-refractivity contribution >= 4 is 29.0 Å². The molecule has 3 N–H and O–H groups in total. The minimum absolute atomic E-state index is 0.00322. The molecular formula is C23H23Cl2N5O. The molecule has 2 aliphatic rings. The average Bonchev–Trinajstić information content (AvgIpc) is 3.04. The highest BCUT2D eigenvalue weighted by Crippen LogP contribution is 2.50. The number of aromatic nitrogens is 3. The number of hydrogen-bond donors (Lipinski definition) is 2. The lowest BCUT2D eigenvalue weighted by Gasteiger charge is -2.42. The van der Waals surface area contributed by atoms with E-state index in [-0.39, 0.29) is 17.0 Å². The molecule has 0 radical (unpaired) electrons. The molecule has 1 saturated heterocycles. The number of anilines is 1. The van der Waals surface area contributed by atoms with Gasteiger partial charge in [-0.2, -0.15) is 0 Å². The van der Waals surface area contributed by atoms with E-state index in [4.69, 9.17) is 28.9 Å². The lowest BCUT2D eigenvalue weighted by Crippen LogP contribution is -2.46. The molecule has 6 nitrogen and oxygen atoms in total. The van der Waals surface area contributed by atoms with Gasteiger partial charge in [0.05, 0.1) is 21.4 Å². The van der Waals surface area contributed by atoms with Gasteiger partial charge in [0, 0.05) is 36.6 Å². The average molecular weight is 456 g/mol. The van der Waals surface area contributed by atoms with E-state index in [0.717, 1.165) is 43.6 Å². The molecular weight excluding hydrogens is 433 g/mol. The first-order chi connectivity index (χ1) is 14.9. The maximum Gasteiger partial charge on any atom is 0.291 e. The Morgan fingerprint density at radius 3 is 2.71 bits per heavy atom. The number of hydrogen-bond acceptors (Lipinski definition) is 5. The van der Waals surface area contributed by atoms with Crippen LogP contribution in [0, 0.1) is 12.3 Å². The third-order valence-corrected chi connectivity index (χ3v) is 7.62. The molecule has 0 saturated carbocycles. The molecule has 160 valence electrons. The SMILES string of the molecule is Cc1nc(N2CCC3(CC2)Cc2ncccc2C3N)c(=O)[nH]c1-c1cccc(Cl)c1Cl. The van der Waals surface area contributed by atoms with E-state index in [1.165, 1.54) is 0 Å². The van der Waals surface area contributed by atoms with Gasteiger partial charge in [0.1, 0.15) is 0 Å². The topological polar surface area (TPSA) is 87.9 Å². The molecule has 1 aliphatic carbocycles. The smallest absolute Gasteiger partial charge is 0.291 e. The predicted molar refractivity (Wildman–Crippen MR) is 124 cm³/mol. The van der Waals surface area contributed by atoms with E-state index < -0.39 is 0 Å². The number of aryl methyl sites for hydroxylation is 1. The zero-order valence-corrected chi connectivity index (χ0v) is 18.7. The number of rotatable bonds is 2. The molecule has 1 unspecified atom stereocenters. The number of fused-ring (bicyclic) bond motifs is 1. The zero-order valence-electron chi connectivity index (χ0n) is 17.2. The van der Waals surface area contributed by atoms with Gasteiger partial charge in [0.15, 0.2) is 5.82 Å². The Morgan fingerprint density at radius 2 is 1.97 bits per heavy atom. The lowest BCUT2D eigenvalue weighted by molar-refractivity contribution is 0.186. The molecule has 3 heterocycles. The van der Waals surface area contributed by atoms with Gasteiger partial charge in [-0.05, 0) is 49.3 Å². The van der Waals surface area contributed by atoms with Crippen LogP contribution in [0.5, 0.6) is 0 Å². The fraction of sp³-hybridized carbons (Fsp3) is 0.348. The summed E-state index contributed by atoms with van der Waals surface area (Å²) in [6.07, 6.45) is 4.52. The number of nitrogens with one attached hydrogen (secondary N) is 1. The van der Waals surface area contributed by atoms with Crippen LogP contribution in [-0.4, -0.2) is 28.0 Å². The van der Waals surface area contributed by atoms with Gasteiger partial charge in [-0.1, -0.05) is 41.4 Å². The fourth-order valence-corrected chi connectivity index (χ4v) is 5.40. The van der Waals surface area contributed by atoms with Gasteiger partial charge in [0.25, 0.3) is 5.56 Å². The summed E-state index contributed by atoms with van der Waals surface area (Å²) in [6.45, 7) is 3.33. The summed E-state index contributed by atoms with van der Waals surface area (Å²) in [5.74, 6) is 0.441. The van der Waals surface area contributed by atoms with Gasteiger partial charge in [0.2, 0.25) is 0 Å². The summed E-state index contributed by atoms with van der Waals surface area (Å²) in [4.78, 5) is 27.2. The van der Waals surface area contributed by atoms with Gasteiger partial charge >= 0.3 is 0 Å². The van der Waals surface area contributed by atoms with Crippen molar-refractivity contribution in [3.8, 4) is 11.3 Å². The maximum absolute atomic E-state index is 12.9. The summed E-state index contributed by atoms with van der Waals surface area (Å²) in [7, 11) is 0. The van der Waals surface area contributed by atoms with Crippen molar-refractivity contribution in [2.75, 3.05) is 18.0 Å². The number of halogens is 2. The molecule has 1 aliphatic heterocycles. The zero-order chi connectivity index (χ0) is 21.8. The third-order valence-electron chi connectivity index (χ3n) is 6.80. The molecule has 0 amide bonds. The van der Waals surface area contributed by atoms with Crippen LogP contribution < -0.4 is 16.2 Å². The van der Waals surface area contributed by atoms with Crippen LogP contribution in [0.15, 0.2) is 41.3 Å². The van der Waals surface area contributed by atoms with Crippen LogP contribution >= 0.6 is 23.2 Å². The number of nitrogens with zero attached hydrogens (tertiary/aromatic N) is 3. The number of pyridine rings is 1. The van der Waals surface area contributed by atoms with Gasteiger partial charge in [-0.25, -0.2) is 4.98 Å². The molecule has 0 bridgehead atoms. The minimum Gasteiger partial charge on any atom is -0.352 e. The van der Waals surface area contributed by atoms with Crippen LogP contribution in [0.1, 0.15) is 35.8 Å². The molecule has 1 fully saturated rings. The van der Waals surface area contributed by atoms with Crippen LogP contribution in [0.4, 0.5) is 5.82 Å². The second-order valence-corrected chi connectivity index (χ2v) is 9.28. The van der Waals surface area contributed by atoms with Gasteiger partial charge in [-0.15, -0.1) is 0 Å². The van der Waals surface area contributed by atoms with Crippen molar-refractivity contribution in [2.45, 2.75) is 32.2 Å². The molecule has 5 rings (SSSR count). The number of benzene rings is 1. The lowest BCUT2D eigenvalue weighted by atomic mass is 9.73. The minimum atomic E-state index is -0.228. The Hall–Kier alpha value is -2.41. The predicted octanol–water partition coefficient (Wildman–Crippen LogP) is 4.29. The molecule has 8 heteroatoms. The molecule has 1 atom stereocenters. The molecule has 2 aromatic heterocycles. The number of nitrogens with two attached hydrogens (primary N) is 1. The van der Waals surface area contributed by atoms with Crippen LogP contribution in [-0.2, 0) is 6.42 Å². The van der Waals surface area contributed by atoms with Crippen molar-refractivity contribution in [3.63, 3.8) is 0 Å². The number of H-pyrrole nitrogens is 1. The molecule has 1 aromatic carbocycles. The van der Waals surface area contributed by atoms with E-state index in [0.29, 0.717) is 32.8 Å². The van der Waals surface area contributed by atoms with Gasteiger partial charge in [-0.3, -0.25) is 9.78 Å². The van der Waals surface area contributed by atoms with Crippen molar-refractivity contribution in [1.29, 1.82) is 0 Å². The van der Waals surface area contributed by atoms with Crippen molar-refractivity contribution < 1.29 is 0 Å². The van der Waals surface area contributed by atoms with E-state index >= 15 is 0 Å². The van der Waals surface area contributed by atoms with E-state index in [1.54, 1.807) is 12.1 Å². The van der Waals surface area contributed by atoms with Crippen LogP contribution in [0.3, 0.4) is 0 Å². The summed E-state index contributed by atoms with van der Waals surface area (Å²) < 4.78 is 0. The van der Waals surface area contributed by atoms with Crippen molar-refractivity contribution in [1.82, 2.24) is 15.0 Å². The van der Waals surface area contributed by atoms with Crippen molar-refractivity contribution in [2.24, 2.45) is 11.1 Å². The molecule has 3 aromatic rings. The summed E-state index contributed by atoms with van der Waals surface area (Å²) in [5.41, 5.74) is 10.6. The van der Waals surface area contributed by atoms with Crippen LogP contribution in [0.2, 0.25) is 10.0 Å². The second-order valence-electron chi connectivity index (χ2n) is 8.49. The summed E-state index contributed by atoms with van der Waals surface area (Å²) >= 11 is 12.5. The fourth-order valence-electron chi connectivity index (χ4n) is 5.01. The monoisotopic (exact) mass is 455 g/mol. The van der Waals surface area contributed by atoms with E-state index in [9.17, 15) is 4.79 Å². The third kappa shape index (κ3) is 3.34. The largest absolute Gasteiger partial charge is 0.352 e. The second kappa shape index (κ2) is 7.62. The van der Waals surface area contributed by atoms with Crippen molar-refractivity contribution in [3.05, 3.63) is 73.9 Å². The Labute approximate surface area is 190 Å². The summed E-state index contributed by atoms with van der Waals surface area (Å²) in [5, 5.41) is 0.842. The number of piperidine rings is 1. The Kier molecular flexibility index (Phi) is 5.04. The van der Waals surface area contributed by atoms with Gasteiger partial charge < -0.3 is 15.6 Å². The summed E-state index contributed by atoms with van der Waals surface area (Å²) in [6, 6.07) is 9.37. The Bertz CT molecular complexity index is 1220. The standard InChI is InChI=1S/C23H23Cl2N5O/c1-13-19(15-4-2-6-16(24)18(15)25)29-22(31)21(28-13)30-10-7-23(8-11-30)12-17-14(20(23)26)5-3-9-27-17/h2-6,9,20H,7-8,10-12,26H2,1H3,(H,29,31). The molecule has 1 spiro atoms. The highest BCUT2D eigenvalue weighted by atomic mass is 35.5. The normalized spacial score (nSPS) is 19.6. The quantitative estimate of drug-likeness (QED) is 0.601. The van der Waals surface area contributed by atoms with Crippen LogP contribution in [0.25, 0.3) is 11.3 Å². The highest BCUT2D eigenvalue weighted by molar-refractivity contribution is 6.43. The number of aromatic amines is 1. The Balaban J connectivity index is 1.40. The first-order valence-corrected chi connectivity index (χ1v) is 11.1. The highest BCUT2D eigenvalue weighted by Gasteiger charge is 2.46. The Morgan fingerprint density at radius 1 is 1.19 bits per heavy atom. The van der Waals surface area contributed by atoms with E-state index in [1.807, 2.05) is 25.3 Å².